The molecule has 4 heteroatoms. The molecule has 0 bridgehead atoms. The Hall–Kier alpha value is -1.99. The van der Waals surface area contributed by atoms with Crippen LogP contribution in [0.25, 0.3) is 0 Å². The van der Waals surface area contributed by atoms with Crippen molar-refractivity contribution in [1.29, 1.82) is 0 Å². The van der Waals surface area contributed by atoms with E-state index in [9.17, 15) is 9.36 Å². The first-order valence-corrected chi connectivity index (χ1v) is 7.94. The molecule has 2 aromatic rings. The summed E-state index contributed by atoms with van der Waals surface area (Å²) in [4.78, 5) is 12.5. The van der Waals surface area contributed by atoms with Crippen LogP contribution in [0.1, 0.15) is 39.0 Å². The van der Waals surface area contributed by atoms with Crippen LogP contribution in [0.15, 0.2) is 36.4 Å². The SMILES string of the molecule is Cc1cc(C)c(C(=O)CCc2ccc(OP=O)cc2)c(C)c1. The molecule has 0 N–H and O–H groups in total. The average Bonchev–Trinajstić information content (AvgIpc) is 2.46. The van der Waals surface area contributed by atoms with Crippen molar-refractivity contribution in [3.63, 3.8) is 0 Å². The van der Waals surface area contributed by atoms with Crippen LogP contribution < -0.4 is 4.52 Å². The van der Waals surface area contributed by atoms with Crippen molar-refractivity contribution in [2.75, 3.05) is 0 Å². The third-order valence-electron chi connectivity index (χ3n) is 3.66. The number of hydrogen-bond acceptors (Lipinski definition) is 3. The van der Waals surface area contributed by atoms with Crippen molar-refractivity contribution < 1.29 is 13.9 Å². The lowest BCUT2D eigenvalue weighted by Gasteiger charge is -2.10. The minimum Gasteiger partial charge on any atom is -0.408 e. The highest BCUT2D eigenvalue weighted by Gasteiger charge is 2.12. The van der Waals surface area contributed by atoms with Gasteiger partial charge < -0.3 is 4.52 Å². The summed E-state index contributed by atoms with van der Waals surface area (Å²) >= 11 is 0. The molecule has 0 heterocycles. The third-order valence-corrected chi connectivity index (χ3v) is 3.95. The van der Waals surface area contributed by atoms with Crippen molar-refractivity contribution in [2.24, 2.45) is 0 Å². The molecule has 22 heavy (non-hydrogen) atoms. The van der Waals surface area contributed by atoms with E-state index in [1.807, 2.05) is 32.9 Å². The standard InChI is InChI=1S/C18H19O3P/c1-12-10-13(2)18(14(3)11-12)17(19)9-6-15-4-7-16(8-5-15)21-22-20/h4-5,7-8,10-11H,6,9H2,1-3H3. The molecule has 2 rings (SSSR count). The maximum Gasteiger partial charge on any atom is 0.395 e. The van der Waals surface area contributed by atoms with Crippen LogP contribution in [0.4, 0.5) is 0 Å². The summed E-state index contributed by atoms with van der Waals surface area (Å²) in [6, 6.07) is 11.4. The van der Waals surface area contributed by atoms with Gasteiger partial charge in [0.1, 0.15) is 5.75 Å². The highest BCUT2D eigenvalue weighted by Crippen LogP contribution is 2.20. The summed E-state index contributed by atoms with van der Waals surface area (Å²) in [5.41, 5.74) is 5.17. The number of Topliss-reactive ketones (excluding diaryl/α,β-unsaturated/α-hetero) is 1. The fourth-order valence-electron chi connectivity index (χ4n) is 2.76. The first kappa shape index (κ1) is 16.4. The van der Waals surface area contributed by atoms with E-state index < -0.39 is 0 Å². The van der Waals surface area contributed by atoms with E-state index in [1.165, 1.54) is 5.56 Å². The van der Waals surface area contributed by atoms with Crippen LogP contribution in [0.5, 0.6) is 5.75 Å². The molecule has 0 aliphatic heterocycles. The van der Waals surface area contributed by atoms with Gasteiger partial charge in [-0.15, -0.1) is 0 Å². The number of benzene rings is 2. The van der Waals surface area contributed by atoms with Gasteiger partial charge in [0.2, 0.25) is 0 Å². The van der Waals surface area contributed by atoms with Gasteiger partial charge in [-0.3, -0.25) is 4.79 Å². The lowest BCUT2D eigenvalue weighted by atomic mass is 9.93. The Kier molecular flexibility index (Phi) is 5.46. The molecule has 2 aromatic carbocycles. The van der Waals surface area contributed by atoms with Gasteiger partial charge >= 0.3 is 8.69 Å². The minimum atomic E-state index is -0.361. The molecule has 0 aromatic heterocycles. The first-order valence-electron chi connectivity index (χ1n) is 7.21. The summed E-state index contributed by atoms with van der Waals surface area (Å²) in [5.74, 6) is 0.727. The van der Waals surface area contributed by atoms with E-state index in [2.05, 4.69) is 12.1 Å². The number of carbonyl (C=O) groups excluding carboxylic acids is 1. The van der Waals surface area contributed by atoms with Crippen molar-refractivity contribution in [2.45, 2.75) is 33.6 Å². The molecule has 3 nitrogen and oxygen atoms in total. The van der Waals surface area contributed by atoms with Crippen molar-refractivity contribution in [3.05, 3.63) is 64.2 Å². The van der Waals surface area contributed by atoms with Crippen LogP contribution in [-0.2, 0) is 11.0 Å². The van der Waals surface area contributed by atoms with E-state index in [4.69, 9.17) is 4.52 Å². The van der Waals surface area contributed by atoms with Crippen LogP contribution in [0.2, 0.25) is 0 Å². The van der Waals surface area contributed by atoms with Gasteiger partial charge in [0.25, 0.3) is 0 Å². The number of ketones is 1. The molecule has 0 saturated heterocycles. The van der Waals surface area contributed by atoms with Gasteiger partial charge in [-0.1, -0.05) is 29.8 Å². The number of rotatable bonds is 6. The molecule has 0 fully saturated rings. The molecule has 0 amide bonds. The number of carbonyl (C=O) groups is 1. The van der Waals surface area contributed by atoms with Gasteiger partial charge in [-0.25, -0.2) is 4.57 Å². The lowest BCUT2D eigenvalue weighted by Crippen LogP contribution is -2.06. The monoisotopic (exact) mass is 314 g/mol. The quantitative estimate of drug-likeness (QED) is 0.556. The second kappa shape index (κ2) is 7.33. The summed E-state index contributed by atoms with van der Waals surface area (Å²) < 4.78 is 15.2. The predicted octanol–water partition coefficient (Wildman–Crippen LogP) is 5.01. The Balaban J connectivity index is 2.05. The normalized spacial score (nSPS) is 10.7. The van der Waals surface area contributed by atoms with Crippen molar-refractivity contribution in [3.8, 4) is 5.75 Å². The van der Waals surface area contributed by atoms with Crippen molar-refractivity contribution in [1.82, 2.24) is 0 Å². The molecule has 0 aliphatic rings. The molecule has 0 atom stereocenters. The van der Waals surface area contributed by atoms with Gasteiger partial charge in [0, 0.05) is 12.0 Å². The van der Waals surface area contributed by atoms with Gasteiger partial charge in [-0.2, -0.15) is 0 Å². The molecule has 0 spiro atoms. The third kappa shape index (κ3) is 4.02. The topological polar surface area (TPSA) is 43.4 Å². The van der Waals surface area contributed by atoms with E-state index in [0.717, 1.165) is 22.3 Å². The van der Waals surface area contributed by atoms with Crippen molar-refractivity contribution >= 4 is 14.5 Å². The smallest absolute Gasteiger partial charge is 0.395 e. The average molecular weight is 314 g/mol. The number of hydrogen-bond donors (Lipinski definition) is 0. The maximum atomic E-state index is 12.5. The molecular weight excluding hydrogens is 295 g/mol. The van der Waals surface area contributed by atoms with E-state index >= 15 is 0 Å². The Morgan fingerprint density at radius 1 is 1.05 bits per heavy atom. The van der Waals surface area contributed by atoms with Gasteiger partial charge in [0.05, 0.1) is 0 Å². The molecule has 114 valence electrons. The van der Waals surface area contributed by atoms with Crippen LogP contribution >= 0.6 is 8.69 Å². The molecule has 0 aliphatic carbocycles. The van der Waals surface area contributed by atoms with Gasteiger partial charge in [0.15, 0.2) is 5.78 Å². The zero-order valence-corrected chi connectivity index (χ0v) is 13.9. The first-order chi connectivity index (χ1) is 10.5. The fourth-order valence-corrected chi connectivity index (χ4v) is 2.97. The zero-order valence-electron chi connectivity index (χ0n) is 13.1. The molecule has 0 unspecified atom stereocenters. The van der Waals surface area contributed by atoms with E-state index in [-0.39, 0.29) is 14.5 Å². The van der Waals surface area contributed by atoms with E-state index in [1.54, 1.807) is 12.1 Å². The summed E-state index contributed by atoms with van der Waals surface area (Å²) in [5, 5.41) is 0. The van der Waals surface area contributed by atoms with Crippen LogP contribution in [-0.4, -0.2) is 5.78 Å². The van der Waals surface area contributed by atoms with Crippen LogP contribution in [0.3, 0.4) is 0 Å². The largest absolute Gasteiger partial charge is 0.408 e. The van der Waals surface area contributed by atoms with Crippen LogP contribution in [0, 0.1) is 20.8 Å². The van der Waals surface area contributed by atoms with Gasteiger partial charge in [-0.05, 0) is 56.0 Å². The Labute approximate surface area is 132 Å². The second-order valence-electron chi connectivity index (χ2n) is 5.51. The molecule has 0 saturated carbocycles. The molecule has 0 radical (unpaired) electrons. The zero-order chi connectivity index (χ0) is 16.1. The minimum absolute atomic E-state index is 0.174. The second-order valence-corrected chi connectivity index (χ2v) is 5.84. The summed E-state index contributed by atoms with van der Waals surface area (Å²) in [6.07, 6.45) is 1.16. The summed E-state index contributed by atoms with van der Waals surface area (Å²) in [7, 11) is -0.361. The lowest BCUT2D eigenvalue weighted by molar-refractivity contribution is 0.0981. The maximum absolute atomic E-state index is 12.5. The summed E-state index contributed by atoms with van der Waals surface area (Å²) in [6.45, 7) is 6.02. The Bertz CT molecular complexity index is 667. The predicted molar refractivity (Wildman–Crippen MR) is 88.0 cm³/mol. The van der Waals surface area contributed by atoms with E-state index in [0.29, 0.717) is 18.6 Å². The fraction of sp³-hybridized carbons (Fsp3) is 0.278. The Morgan fingerprint density at radius 2 is 1.64 bits per heavy atom. The Morgan fingerprint density at radius 3 is 2.18 bits per heavy atom. The highest BCUT2D eigenvalue weighted by atomic mass is 31.1. The molecular formula is C18H19O3P. The number of aryl methyl sites for hydroxylation is 4. The highest BCUT2D eigenvalue weighted by molar-refractivity contribution is 7.17.